The minimum atomic E-state index is -3.54. The average Bonchev–Trinajstić information content (AvgIpc) is 1.64. The van der Waals surface area contributed by atoms with Crippen molar-refractivity contribution in [2.24, 2.45) is 11.8 Å². The molecule has 2 aromatic carbocycles. The van der Waals surface area contributed by atoms with Crippen molar-refractivity contribution in [3.8, 4) is 23.1 Å². The standard InChI is InChI=1S/C30H42N5O8PS.C23H28N4O5S.C7H16NO4P.ClH.I3.I2.HI/c1-40-44(37,41-2)43-24-13-17-34(18-14-24)29(36)22-8-10-23(11-9-22)32-30-31-16-12-28(33-30)35-19-15-25-26(35)6-4-7-27(25)42-20-5-21-45(3,38)39;1-33(30,31)15-3-14-32-20-5-2-4-19-18(20)11-13-27(19)21-10-12-24-23(26-21)25-17-8-6-16(7-9-17)22(28)29;1-10-13(9,11-2)12-7-3-5-8-6-4-7;;1-3-2;1-2;/h4,6-7,12,15-16,19,22-24H,5,8-11,13-14,17-18,20-21H2,1-3H3,(H,31,32,33);2,4-5,10-13,16-17H,3,6-9,14-15H2,1H3,(H,28,29)(H,24,25,26);7-8H,3-6H2,1-2H3;1H;;;1H/q;;;;-1;;. The summed E-state index contributed by atoms with van der Waals surface area (Å²) < 4.78 is 115. The number of piperidine rings is 2. The molecule has 4 aromatic heterocycles. The quantitative estimate of drug-likeness (QED) is 0.0223. The van der Waals surface area contributed by atoms with Crippen LogP contribution in [0.3, 0.4) is 0 Å². The third-order valence-electron chi connectivity index (χ3n) is 16.3. The number of rotatable bonds is 26. The van der Waals surface area contributed by atoms with Gasteiger partial charge in [0.15, 0.2) is 0 Å². The summed E-state index contributed by atoms with van der Waals surface area (Å²) >= 11 is 9.54. The molecule has 2 saturated heterocycles. The van der Waals surface area contributed by atoms with E-state index in [1.54, 1.807) is 12.4 Å². The van der Waals surface area contributed by atoms with Gasteiger partial charge in [0, 0.05) is 145 Å². The summed E-state index contributed by atoms with van der Waals surface area (Å²) in [6.45, 7) is 3.52. The van der Waals surface area contributed by atoms with Gasteiger partial charge in [-0.2, -0.15) is 9.97 Å². The zero-order valence-electron chi connectivity index (χ0n) is 55.1. The number of carboxylic acids is 1. The number of likely N-dealkylation sites (tertiary alicyclic amines) is 1. The number of amides is 1. The van der Waals surface area contributed by atoms with E-state index in [0.29, 0.717) is 113 Å². The number of carbonyl (C=O) groups is 2. The van der Waals surface area contributed by atoms with E-state index >= 15 is 0 Å². The first-order chi connectivity index (χ1) is 46.0. The molecule has 2 aliphatic carbocycles. The van der Waals surface area contributed by atoms with Crippen molar-refractivity contribution in [3.63, 3.8) is 0 Å². The number of carbonyl (C=O) groups excluding carboxylic acids is 1. The fraction of sp³-hybridized carbons (Fsp3) is 0.567. The van der Waals surface area contributed by atoms with Crippen LogP contribution in [0.4, 0.5) is 11.9 Å². The average molecular weight is 2140 g/mol. The molecule has 10 rings (SSSR count). The van der Waals surface area contributed by atoms with Crippen LogP contribution in [0.15, 0.2) is 85.5 Å². The molecule has 38 heteroatoms. The van der Waals surface area contributed by atoms with Crippen LogP contribution < -0.4 is 38.7 Å². The Morgan fingerprint density at radius 1 is 0.612 bits per heavy atom. The first-order valence-electron chi connectivity index (χ1n) is 31.0. The van der Waals surface area contributed by atoms with E-state index in [1.165, 1.54) is 41.0 Å². The van der Waals surface area contributed by atoms with Crippen molar-refractivity contribution in [1.82, 2.24) is 39.3 Å². The number of carboxylic acid groups (broad SMARTS) is 1. The van der Waals surface area contributed by atoms with Gasteiger partial charge in [-0.15, -0.1) is 36.4 Å². The summed E-state index contributed by atoms with van der Waals surface area (Å²) in [5, 5.41) is 21.0. The van der Waals surface area contributed by atoms with Gasteiger partial charge in [0.2, 0.25) is 17.8 Å². The van der Waals surface area contributed by atoms with Gasteiger partial charge in [0.25, 0.3) is 0 Å². The van der Waals surface area contributed by atoms with Crippen LogP contribution in [0, 0.1) is 11.8 Å². The number of anilines is 2. The number of ether oxygens (including phenoxy) is 2. The van der Waals surface area contributed by atoms with Crippen molar-refractivity contribution in [3.05, 3.63) is 85.5 Å². The zero-order valence-corrected chi connectivity index (χ0v) is 72.5. The van der Waals surface area contributed by atoms with Crippen LogP contribution in [0.25, 0.3) is 33.4 Å². The van der Waals surface area contributed by atoms with Gasteiger partial charge < -0.3 is 44.6 Å². The van der Waals surface area contributed by atoms with Crippen molar-refractivity contribution in [2.75, 3.05) is 102 Å². The molecule has 0 atom stereocenters. The number of hydrogen-bond donors (Lipinski definition) is 4. The van der Waals surface area contributed by atoms with Gasteiger partial charge in [-0.25, -0.2) is 35.9 Å². The molecule has 6 aromatic rings. The Labute approximate surface area is 650 Å². The summed E-state index contributed by atoms with van der Waals surface area (Å²) in [4.78, 5) is 44.5. The summed E-state index contributed by atoms with van der Waals surface area (Å²) in [5.41, 5.74) is 1.84. The number of aromatic nitrogens is 6. The number of sulfone groups is 2. The van der Waals surface area contributed by atoms with Crippen LogP contribution in [0.1, 0.15) is 89.9 Å². The number of hydrogen-bond acceptors (Lipinski definition) is 23. The fourth-order valence-electron chi connectivity index (χ4n) is 11.4. The molecule has 0 bridgehead atoms. The Morgan fingerprint density at radius 2 is 1.00 bits per heavy atom. The normalized spacial score (nSPS) is 18.5. The van der Waals surface area contributed by atoms with Crippen LogP contribution in [0.5, 0.6) is 11.5 Å². The van der Waals surface area contributed by atoms with Gasteiger partial charge >= 0.3 is 72.1 Å². The molecule has 4 fully saturated rings. The molecule has 1 amide bonds. The monoisotopic (exact) mass is 2140 g/mol. The van der Waals surface area contributed by atoms with E-state index < -0.39 is 41.3 Å². The van der Waals surface area contributed by atoms with Gasteiger partial charge in [-0.3, -0.25) is 36.7 Å². The predicted octanol–water partition coefficient (Wildman–Crippen LogP) is 10.6. The fourth-order valence-corrected chi connectivity index (χ4v) is 14.5. The second-order valence-corrected chi connectivity index (χ2v) is 47.4. The molecule has 0 radical (unpaired) electrons. The van der Waals surface area contributed by atoms with E-state index in [9.17, 15) is 40.7 Å². The zero-order chi connectivity index (χ0) is 69.9. The number of benzene rings is 2. The van der Waals surface area contributed by atoms with Crippen LogP contribution in [-0.4, -0.2) is 184 Å². The molecule has 2 aliphatic heterocycles. The van der Waals surface area contributed by atoms with Crippen molar-refractivity contribution >= 4 is 192 Å². The van der Waals surface area contributed by atoms with E-state index in [4.69, 9.17) is 32.6 Å². The third-order valence-corrected chi connectivity index (χ3v) is 21.3. The number of nitrogens with one attached hydrogen (secondary N) is 3. The van der Waals surface area contributed by atoms with Gasteiger partial charge in [-0.1, -0.05) is 12.1 Å². The first kappa shape index (κ1) is 89.0. The molecular weight excluding hydrogens is 2060 g/mol. The van der Waals surface area contributed by atoms with E-state index in [2.05, 4.69) is 114 Å². The van der Waals surface area contributed by atoms with E-state index in [0.717, 1.165) is 86.3 Å². The summed E-state index contributed by atoms with van der Waals surface area (Å²) in [6.07, 6.45) is 19.2. The van der Waals surface area contributed by atoms with Gasteiger partial charge in [0.1, 0.15) is 42.8 Å². The molecule has 0 unspecified atom stereocenters. The van der Waals surface area contributed by atoms with Crippen LogP contribution in [-0.2, 0) is 65.5 Å². The summed E-state index contributed by atoms with van der Waals surface area (Å²) in [5.74, 6) is 3.20. The van der Waals surface area contributed by atoms with Gasteiger partial charge in [-0.05, 0) is 152 Å². The number of nitrogens with zero attached hydrogens (tertiary/aromatic N) is 7. The molecule has 6 heterocycles. The Hall–Kier alpha value is -1.43. The Balaban J connectivity index is 0.000000336. The summed E-state index contributed by atoms with van der Waals surface area (Å²) in [7, 11) is -7.61. The molecule has 552 valence electrons. The van der Waals surface area contributed by atoms with Crippen LogP contribution >= 0.6 is 126 Å². The molecule has 98 heavy (non-hydrogen) atoms. The molecular formula is C60H88ClI6N10O17P2S2-. The Bertz CT molecular complexity index is 3720. The molecule has 4 N–H and O–H groups in total. The van der Waals surface area contributed by atoms with Gasteiger partial charge in [0.05, 0.1) is 53.9 Å². The third kappa shape index (κ3) is 29.1. The number of phosphoric acid groups is 2. The minimum absolute atomic E-state index is 0. The maximum atomic E-state index is 13.2. The van der Waals surface area contributed by atoms with E-state index in [-0.39, 0.29) is 89.9 Å². The Morgan fingerprint density at radius 3 is 1.38 bits per heavy atom. The summed E-state index contributed by atoms with van der Waals surface area (Å²) in [6, 6.07) is 19.4. The second-order valence-electron chi connectivity index (χ2n) is 23.0. The van der Waals surface area contributed by atoms with Crippen molar-refractivity contribution < 1.29 is 90.5 Å². The molecule has 27 nitrogen and oxygen atoms in total. The number of aliphatic carboxylic acids is 1. The molecule has 0 spiro atoms. The Kier molecular flexibility index (Phi) is 41.0. The molecule has 4 aliphatic rings. The predicted molar refractivity (Wildman–Crippen MR) is 423 cm³/mol. The number of phosphoric ester groups is 2. The van der Waals surface area contributed by atoms with Crippen molar-refractivity contribution in [1.29, 1.82) is 0 Å². The molecule has 2 saturated carbocycles. The number of fused-ring (bicyclic) bond motifs is 2. The van der Waals surface area contributed by atoms with Crippen molar-refractivity contribution in [2.45, 2.75) is 114 Å². The van der Waals surface area contributed by atoms with E-state index in [1.807, 2.05) is 87.1 Å². The number of halogens is 7. The SMILES string of the molecule is COP(=O)(OC)OC1CCN(C(=O)C2CCC(Nc3nccc(-n4ccc5c(OCCCS(C)(=O)=O)cccc54)n3)CC2)CC1.COP(=O)(OC)OC1CCNCC1.CS(=O)(=O)CCCOc1cccc2c1ccn2-c1ccnc(NC2CCC(C(=O)O)CC2)n1.Cl.I.II.I[I-]I. The maximum absolute atomic E-state index is 13.2. The van der Waals surface area contributed by atoms with Crippen LogP contribution in [0.2, 0.25) is 0 Å². The topological polar surface area (TPSA) is 331 Å². The second kappa shape index (κ2) is 45.2. The first-order valence-corrected chi connectivity index (χ1v) is 56.9.